The molecule has 31 heavy (non-hydrogen) atoms. The highest BCUT2D eigenvalue weighted by molar-refractivity contribution is 5.20. The van der Waals surface area contributed by atoms with Gasteiger partial charge in [0.15, 0.2) is 0 Å². The maximum atomic E-state index is 10.9. The third-order valence-electron chi connectivity index (χ3n) is 9.81. The lowest BCUT2D eigenvalue weighted by molar-refractivity contribution is -0.00838. The molecule has 3 aliphatic rings. The van der Waals surface area contributed by atoms with Gasteiger partial charge in [-0.3, -0.25) is 0 Å². The Morgan fingerprint density at radius 1 is 1.10 bits per heavy atom. The van der Waals surface area contributed by atoms with Crippen LogP contribution < -0.4 is 0 Å². The molecule has 2 saturated carbocycles. The zero-order chi connectivity index (χ0) is 22.6. The monoisotopic (exact) mass is 432 g/mol. The van der Waals surface area contributed by atoms with Crippen molar-refractivity contribution < 1.29 is 10.2 Å². The van der Waals surface area contributed by atoms with Crippen LogP contribution in [0.2, 0.25) is 0 Å². The maximum Gasteiger partial charge on any atom is 0.0682 e. The van der Waals surface area contributed by atoms with Crippen LogP contribution in [0.15, 0.2) is 11.6 Å². The van der Waals surface area contributed by atoms with E-state index in [1.165, 1.54) is 57.8 Å². The lowest BCUT2D eigenvalue weighted by atomic mass is 9.59. The number of aliphatic hydroxyl groups is 2. The molecule has 0 aromatic rings. The van der Waals surface area contributed by atoms with Gasteiger partial charge < -0.3 is 10.2 Å². The smallest absolute Gasteiger partial charge is 0.0682 e. The van der Waals surface area contributed by atoms with E-state index in [-0.39, 0.29) is 6.10 Å². The van der Waals surface area contributed by atoms with E-state index in [4.69, 9.17) is 0 Å². The van der Waals surface area contributed by atoms with Crippen molar-refractivity contribution in [1.29, 1.82) is 0 Å². The molecule has 0 amide bonds. The van der Waals surface area contributed by atoms with Crippen molar-refractivity contribution in [2.24, 2.45) is 41.4 Å². The molecule has 0 saturated heterocycles. The highest BCUT2D eigenvalue weighted by atomic mass is 16.3. The van der Waals surface area contributed by atoms with Crippen molar-refractivity contribution in [3.63, 3.8) is 0 Å². The molecule has 2 heteroatoms. The minimum Gasteiger partial charge on any atom is -0.393 e. The molecule has 0 spiro atoms. The third-order valence-corrected chi connectivity index (χ3v) is 9.81. The van der Waals surface area contributed by atoms with E-state index in [1.54, 1.807) is 5.57 Å². The zero-order valence-corrected chi connectivity index (χ0v) is 21.3. The van der Waals surface area contributed by atoms with Gasteiger partial charge in [-0.1, -0.05) is 59.1 Å². The largest absolute Gasteiger partial charge is 0.393 e. The summed E-state index contributed by atoms with van der Waals surface area (Å²) >= 11 is 0. The van der Waals surface area contributed by atoms with Gasteiger partial charge in [0.25, 0.3) is 0 Å². The number of hydrogen-bond acceptors (Lipinski definition) is 2. The summed E-state index contributed by atoms with van der Waals surface area (Å²) in [7, 11) is 0. The third kappa shape index (κ3) is 6.17. The highest BCUT2D eigenvalue weighted by Gasteiger charge is 2.45. The number of hydrogen-bond donors (Lipinski definition) is 2. The molecule has 180 valence electrons. The topological polar surface area (TPSA) is 40.5 Å². The van der Waals surface area contributed by atoms with Crippen LogP contribution in [0.5, 0.6) is 0 Å². The molecule has 2 N–H and O–H groups in total. The van der Waals surface area contributed by atoms with Gasteiger partial charge in [-0.15, -0.1) is 0 Å². The van der Waals surface area contributed by atoms with Crippen molar-refractivity contribution in [2.45, 2.75) is 130 Å². The summed E-state index contributed by atoms with van der Waals surface area (Å²) in [6.07, 6.45) is 18.2. The van der Waals surface area contributed by atoms with Crippen LogP contribution in [0.3, 0.4) is 0 Å². The standard InChI is InChI=1S/C29H52O2/c1-6-8-9-27-25(14-13-24-19-29(31,7-2)17-16-26(24)27)23-12-11-22(18-23)21(5)10-15-28(30)20(3)4/h13,20-23,25-28,30-31H,6-12,14-19H2,1-5H3/t21-,22+,23-,25+,26+,27+,28?,29+/m1/s1. The van der Waals surface area contributed by atoms with Gasteiger partial charge in [-0.2, -0.15) is 0 Å². The number of rotatable bonds is 10. The zero-order valence-electron chi connectivity index (χ0n) is 21.3. The Balaban J connectivity index is 1.63. The van der Waals surface area contributed by atoms with E-state index in [2.05, 4.69) is 40.7 Å². The fraction of sp³-hybridized carbons (Fsp3) is 0.931. The second-order valence-electron chi connectivity index (χ2n) is 12.1. The molecule has 0 heterocycles. The van der Waals surface area contributed by atoms with E-state index in [0.717, 1.165) is 61.2 Å². The predicted molar refractivity (Wildman–Crippen MR) is 132 cm³/mol. The first-order valence-corrected chi connectivity index (χ1v) is 13.9. The van der Waals surface area contributed by atoms with Crippen molar-refractivity contribution in [1.82, 2.24) is 0 Å². The summed E-state index contributed by atoms with van der Waals surface area (Å²) in [5, 5.41) is 21.2. The van der Waals surface area contributed by atoms with Crippen LogP contribution in [-0.2, 0) is 0 Å². The summed E-state index contributed by atoms with van der Waals surface area (Å²) in [5.74, 6) is 5.35. The Kier molecular flexibility index (Phi) is 9.13. The normalized spacial score (nSPS) is 38.1. The van der Waals surface area contributed by atoms with Gasteiger partial charge in [-0.25, -0.2) is 0 Å². The number of fused-ring (bicyclic) bond motifs is 1. The molecule has 2 nitrogen and oxygen atoms in total. The molecule has 0 bridgehead atoms. The average Bonchev–Trinajstić information content (AvgIpc) is 3.25. The van der Waals surface area contributed by atoms with E-state index in [0.29, 0.717) is 5.92 Å². The lowest BCUT2D eigenvalue weighted by Gasteiger charge is -2.47. The molecule has 0 radical (unpaired) electrons. The Bertz CT molecular complexity index is 581. The van der Waals surface area contributed by atoms with Crippen molar-refractivity contribution in [2.75, 3.05) is 0 Å². The fourth-order valence-corrected chi connectivity index (χ4v) is 7.34. The van der Waals surface area contributed by atoms with Gasteiger partial charge in [0.1, 0.15) is 0 Å². The van der Waals surface area contributed by atoms with Crippen LogP contribution in [0.1, 0.15) is 118 Å². The van der Waals surface area contributed by atoms with Gasteiger partial charge >= 0.3 is 0 Å². The van der Waals surface area contributed by atoms with Crippen LogP contribution in [0.25, 0.3) is 0 Å². The van der Waals surface area contributed by atoms with E-state index in [1.807, 2.05) is 0 Å². The number of allylic oxidation sites excluding steroid dienone is 1. The Hall–Kier alpha value is -0.340. The van der Waals surface area contributed by atoms with Crippen LogP contribution >= 0.6 is 0 Å². The number of aliphatic hydroxyl groups excluding tert-OH is 1. The molecule has 2 fully saturated rings. The Morgan fingerprint density at radius 2 is 1.87 bits per heavy atom. The minimum atomic E-state index is -0.432. The fourth-order valence-electron chi connectivity index (χ4n) is 7.34. The lowest BCUT2D eigenvalue weighted by Crippen LogP contribution is -2.41. The summed E-state index contributed by atoms with van der Waals surface area (Å²) in [6, 6.07) is 0. The van der Waals surface area contributed by atoms with Crippen molar-refractivity contribution >= 4 is 0 Å². The van der Waals surface area contributed by atoms with E-state index < -0.39 is 5.60 Å². The molecule has 0 aliphatic heterocycles. The van der Waals surface area contributed by atoms with Crippen LogP contribution in [0.4, 0.5) is 0 Å². The Labute approximate surface area is 193 Å². The maximum absolute atomic E-state index is 10.9. The van der Waals surface area contributed by atoms with Gasteiger partial charge in [-0.05, 0) is 112 Å². The van der Waals surface area contributed by atoms with Gasteiger partial charge in [0, 0.05) is 0 Å². The van der Waals surface area contributed by atoms with Crippen molar-refractivity contribution in [3.8, 4) is 0 Å². The quantitative estimate of drug-likeness (QED) is 0.350. The summed E-state index contributed by atoms with van der Waals surface area (Å²) < 4.78 is 0. The predicted octanol–water partition coefficient (Wildman–Crippen LogP) is 7.53. The first-order valence-electron chi connectivity index (χ1n) is 13.9. The number of unbranched alkanes of at least 4 members (excludes halogenated alkanes) is 1. The van der Waals surface area contributed by atoms with Crippen LogP contribution in [-0.4, -0.2) is 21.9 Å². The summed E-state index contributed by atoms with van der Waals surface area (Å²) in [6.45, 7) is 11.2. The molecule has 0 aromatic heterocycles. The second kappa shape index (κ2) is 11.2. The second-order valence-corrected chi connectivity index (χ2v) is 12.1. The van der Waals surface area contributed by atoms with E-state index in [9.17, 15) is 10.2 Å². The molecule has 0 aromatic carbocycles. The van der Waals surface area contributed by atoms with Gasteiger partial charge in [0.2, 0.25) is 0 Å². The van der Waals surface area contributed by atoms with Crippen molar-refractivity contribution in [3.05, 3.63) is 11.6 Å². The summed E-state index contributed by atoms with van der Waals surface area (Å²) in [5.41, 5.74) is 1.18. The molecular weight excluding hydrogens is 380 g/mol. The molecule has 1 unspecified atom stereocenters. The van der Waals surface area contributed by atoms with Crippen LogP contribution in [0, 0.1) is 41.4 Å². The SMILES string of the molecule is CCCC[C@H]1[C@H]([C@@H]2CC[C@H]([C@H](C)CCC(O)C(C)C)C2)CC=C2C[C@](O)(CC)CC[C@@H]21. The average molecular weight is 433 g/mol. The highest BCUT2D eigenvalue weighted by Crippen LogP contribution is 2.53. The molecular formula is C29H52O2. The first-order chi connectivity index (χ1) is 14.8. The Morgan fingerprint density at radius 3 is 2.55 bits per heavy atom. The minimum absolute atomic E-state index is 0.131. The van der Waals surface area contributed by atoms with Gasteiger partial charge in [0.05, 0.1) is 11.7 Å². The van der Waals surface area contributed by atoms with E-state index >= 15 is 0 Å². The summed E-state index contributed by atoms with van der Waals surface area (Å²) in [4.78, 5) is 0. The molecule has 8 atom stereocenters. The molecule has 3 aliphatic carbocycles. The first kappa shape index (κ1) is 25.3. The molecule has 3 rings (SSSR count).